The van der Waals surface area contributed by atoms with Gasteiger partial charge in [0.2, 0.25) is 0 Å². The van der Waals surface area contributed by atoms with Crippen LogP contribution in [0.3, 0.4) is 0 Å². The van der Waals surface area contributed by atoms with Crippen molar-refractivity contribution in [2.75, 3.05) is 17.7 Å². The topological polar surface area (TPSA) is 102 Å². The fourth-order valence-corrected chi connectivity index (χ4v) is 3.78. The fraction of sp³-hybridized carbons (Fsp3) is 0.312. The standard InChI is InChI=1S/C16H18N2O5S2/c1-4-23-15(20)13-10(3)17-16(24-13)18-14(19)11-7-6-8-12(9-11)25(21,22)5-2/h6-9H,4-5H2,1-3H3,(H,17,18,19). The highest BCUT2D eigenvalue weighted by molar-refractivity contribution is 7.91. The third-order valence-electron chi connectivity index (χ3n) is 3.31. The molecule has 2 aromatic rings. The number of thiazole rings is 1. The number of esters is 1. The zero-order valence-corrected chi connectivity index (χ0v) is 15.7. The van der Waals surface area contributed by atoms with Crippen LogP contribution in [-0.2, 0) is 14.6 Å². The van der Waals surface area contributed by atoms with Crippen LogP contribution in [0, 0.1) is 6.92 Å². The Hall–Kier alpha value is -2.26. The van der Waals surface area contributed by atoms with Gasteiger partial charge in [0, 0.05) is 5.56 Å². The minimum atomic E-state index is -3.40. The molecule has 1 heterocycles. The highest BCUT2D eigenvalue weighted by Gasteiger charge is 2.19. The zero-order valence-electron chi connectivity index (χ0n) is 14.0. The van der Waals surface area contributed by atoms with Crippen molar-refractivity contribution in [3.63, 3.8) is 0 Å². The number of sulfone groups is 1. The van der Waals surface area contributed by atoms with Gasteiger partial charge in [-0.05, 0) is 32.0 Å². The first-order chi connectivity index (χ1) is 11.8. The molecule has 0 saturated heterocycles. The van der Waals surface area contributed by atoms with Crippen LogP contribution in [0.2, 0.25) is 0 Å². The predicted octanol–water partition coefficient (Wildman–Crippen LogP) is 2.67. The van der Waals surface area contributed by atoms with E-state index in [1.54, 1.807) is 13.8 Å². The Morgan fingerprint density at radius 2 is 2.00 bits per heavy atom. The summed E-state index contributed by atoms with van der Waals surface area (Å²) in [6.07, 6.45) is 0. The molecule has 0 aliphatic rings. The quantitative estimate of drug-likeness (QED) is 0.771. The van der Waals surface area contributed by atoms with Crippen molar-refractivity contribution >= 4 is 38.2 Å². The summed E-state index contributed by atoms with van der Waals surface area (Å²) in [6.45, 7) is 5.13. The van der Waals surface area contributed by atoms with E-state index in [2.05, 4.69) is 10.3 Å². The third kappa shape index (κ3) is 4.43. The molecule has 9 heteroatoms. The average molecular weight is 382 g/mol. The minimum absolute atomic E-state index is 0.0490. The molecule has 1 aromatic heterocycles. The van der Waals surface area contributed by atoms with Crippen molar-refractivity contribution < 1.29 is 22.7 Å². The molecule has 7 nitrogen and oxygen atoms in total. The predicted molar refractivity (Wildman–Crippen MR) is 94.9 cm³/mol. The number of nitrogens with zero attached hydrogens (tertiary/aromatic N) is 1. The molecule has 134 valence electrons. The first-order valence-corrected chi connectivity index (χ1v) is 10.0. The summed E-state index contributed by atoms with van der Waals surface area (Å²) in [4.78, 5) is 28.7. The van der Waals surface area contributed by atoms with Crippen molar-refractivity contribution in [1.29, 1.82) is 0 Å². The van der Waals surface area contributed by atoms with Crippen LogP contribution in [0.25, 0.3) is 0 Å². The van der Waals surface area contributed by atoms with E-state index in [9.17, 15) is 18.0 Å². The minimum Gasteiger partial charge on any atom is -0.462 e. The highest BCUT2D eigenvalue weighted by atomic mass is 32.2. The lowest BCUT2D eigenvalue weighted by Crippen LogP contribution is -2.13. The van der Waals surface area contributed by atoms with E-state index in [1.807, 2.05) is 0 Å². The van der Waals surface area contributed by atoms with Gasteiger partial charge in [-0.15, -0.1) is 0 Å². The molecule has 0 radical (unpaired) electrons. The van der Waals surface area contributed by atoms with Crippen LogP contribution < -0.4 is 5.32 Å². The van der Waals surface area contributed by atoms with Gasteiger partial charge in [0.1, 0.15) is 4.88 Å². The first kappa shape index (κ1) is 19.1. The molecule has 0 fully saturated rings. The lowest BCUT2D eigenvalue weighted by molar-refractivity contribution is 0.0531. The SMILES string of the molecule is CCOC(=O)c1sc(NC(=O)c2cccc(S(=O)(=O)CC)c2)nc1C. The fourth-order valence-electron chi connectivity index (χ4n) is 2.00. The summed E-state index contributed by atoms with van der Waals surface area (Å²) in [5.41, 5.74) is 0.654. The van der Waals surface area contributed by atoms with Crippen molar-refractivity contribution in [3.05, 3.63) is 40.4 Å². The molecule has 0 atom stereocenters. The molecule has 0 unspecified atom stereocenters. The van der Waals surface area contributed by atoms with E-state index in [0.29, 0.717) is 10.6 Å². The maximum absolute atomic E-state index is 12.3. The van der Waals surface area contributed by atoms with E-state index in [0.717, 1.165) is 11.3 Å². The van der Waals surface area contributed by atoms with Gasteiger partial charge in [-0.2, -0.15) is 0 Å². The van der Waals surface area contributed by atoms with Gasteiger partial charge in [0.25, 0.3) is 5.91 Å². The maximum Gasteiger partial charge on any atom is 0.350 e. The van der Waals surface area contributed by atoms with E-state index < -0.39 is 21.7 Å². The number of carbonyl (C=O) groups excluding carboxylic acids is 2. The summed E-state index contributed by atoms with van der Waals surface area (Å²) in [7, 11) is -3.40. The number of aryl methyl sites for hydroxylation is 1. The number of anilines is 1. The summed E-state index contributed by atoms with van der Waals surface area (Å²) >= 11 is 1.01. The van der Waals surface area contributed by atoms with E-state index in [4.69, 9.17) is 4.74 Å². The van der Waals surface area contributed by atoms with Gasteiger partial charge in [-0.3, -0.25) is 10.1 Å². The molecule has 0 bridgehead atoms. The average Bonchev–Trinajstić information content (AvgIpc) is 2.95. The van der Waals surface area contributed by atoms with Crippen LogP contribution in [0.15, 0.2) is 29.2 Å². The summed E-state index contributed by atoms with van der Waals surface area (Å²) in [6, 6.07) is 5.79. The number of ether oxygens (including phenoxy) is 1. The Labute approximate surface area is 150 Å². The second-order valence-electron chi connectivity index (χ2n) is 5.04. The number of benzene rings is 1. The Kier molecular flexibility index (Phi) is 5.91. The van der Waals surface area contributed by atoms with Crippen molar-refractivity contribution in [3.8, 4) is 0 Å². The van der Waals surface area contributed by atoms with Crippen LogP contribution >= 0.6 is 11.3 Å². The van der Waals surface area contributed by atoms with Crippen LogP contribution in [-0.4, -0.2) is 37.6 Å². The van der Waals surface area contributed by atoms with Gasteiger partial charge in [-0.25, -0.2) is 18.2 Å². The number of aromatic nitrogens is 1. The van der Waals surface area contributed by atoms with Crippen LogP contribution in [0.4, 0.5) is 5.13 Å². The number of amides is 1. The van der Waals surface area contributed by atoms with Crippen molar-refractivity contribution in [1.82, 2.24) is 4.98 Å². The Morgan fingerprint density at radius 3 is 2.64 bits per heavy atom. The Bertz CT molecular complexity index is 903. The number of hydrogen-bond donors (Lipinski definition) is 1. The number of rotatable bonds is 6. The molecular formula is C16H18N2O5S2. The van der Waals surface area contributed by atoms with Crippen LogP contribution in [0.5, 0.6) is 0 Å². The normalized spacial score (nSPS) is 11.2. The van der Waals surface area contributed by atoms with Gasteiger partial charge in [-0.1, -0.05) is 24.3 Å². The smallest absolute Gasteiger partial charge is 0.350 e. The lowest BCUT2D eigenvalue weighted by Gasteiger charge is -2.05. The first-order valence-electron chi connectivity index (χ1n) is 7.57. The van der Waals surface area contributed by atoms with Crippen molar-refractivity contribution in [2.24, 2.45) is 0 Å². The Morgan fingerprint density at radius 1 is 1.28 bits per heavy atom. The van der Waals surface area contributed by atoms with Gasteiger partial charge in [0.15, 0.2) is 15.0 Å². The number of hydrogen-bond acceptors (Lipinski definition) is 7. The zero-order chi connectivity index (χ0) is 18.6. The highest BCUT2D eigenvalue weighted by Crippen LogP contribution is 2.24. The molecule has 1 amide bonds. The Balaban J connectivity index is 2.22. The number of nitrogens with one attached hydrogen (secondary N) is 1. The second kappa shape index (κ2) is 7.75. The maximum atomic E-state index is 12.3. The van der Waals surface area contributed by atoms with E-state index in [1.165, 1.54) is 31.2 Å². The molecule has 25 heavy (non-hydrogen) atoms. The molecule has 0 aliphatic carbocycles. The lowest BCUT2D eigenvalue weighted by atomic mass is 10.2. The monoisotopic (exact) mass is 382 g/mol. The van der Waals surface area contributed by atoms with Crippen LogP contribution in [0.1, 0.15) is 39.6 Å². The summed E-state index contributed by atoms with van der Waals surface area (Å²) in [5, 5.41) is 2.82. The summed E-state index contributed by atoms with van der Waals surface area (Å²) < 4.78 is 28.8. The van der Waals surface area contributed by atoms with Gasteiger partial charge >= 0.3 is 5.97 Å². The largest absolute Gasteiger partial charge is 0.462 e. The van der Waals surface area contributed by atoms with E-state index >= 15 is 0 Å². The molecule has 2 rings (SSSR count). The molecule has 1 N–H and O–H groups in total. The molecule has 0 saturated carbocycles. The van der Waals surface area contributed by atoms with Gasteiger partial charge in [0.05, 0.1) is 22.9 Å². The number of carbonyl (C=O) groups is 2. The molecule has 0 spiro atoms. The molecule has 0 aliphatic heterocycles. The third-order valence-corrected chi connectivity index (χ3v) is 6.10. The van der Waals surface area contributed by atoms with Crippen molar-refractivity contribution in [2.45, 2.75) is 25.7 Å². The second-order valence-corrected chi connectivity index (χ2v) is 8.32. The van der Waals surface area contributed by atoms with Gasteiger partial charge < -0.3 is 4.74 Å². The molecular weight excluding hydrogens is 364 g/mol. The van der Waals surface area contributed by atoms with E-state index in [-0.39, 0.29) is 28.0 Å². The molecule has 1 aromatic carbocycles. The summed E-state index contributed by atoms with van der Waals surface area (Å²) in [5.74, 6) is -1.04.